The second-order valence-corrected chi connectivity index (χ2v) is 6.29. The van der Waals surface area contributed by atoms with Gasteiger partial charge in [-0.1, -0.05) is 30.3 Å². The first-order valence-electron chi connectivity index (χ1n) is 8.82. The van der Waals surface area contributed by atoms with E-state index < -0.39 is 11.9 Å². The van der Waals surface area contributed by atoms with E-state index in [1.54, 1.807) is 25.1 Å². The standard InChI is InChI=1S/C22H17NO5/c1-3-28-22(26)19-16(12-7-5-4-6-8-12)17-18(23-19)15-11-13(21(25)27-2)9-10-14(15)20(17)24/h4-11,23H,3H2,1-2H3. The van der Waals surface area contributed by atoms with Crippen molar-refractivity contribution in [2.24, 2.45) is 0 Å². The molecule has 1 aliphatic carbocycles. The molecule has 6 nitrogen and oxygen atoms in total. The average Bonchev–Trinajstić information content (AvgIpc) is 3.24. The fourth-order valence-electron chi connectivity index (χ4n) is 3.51. The maximum Gasteiger partial charge on any atom is 0.355 e. The summed E-state index contributed by atoms with van der Waals surface area (Å²) < 4.78 is 9.95. The van der Waals surface area contributed by atoms with Crippen molar-refractivity contribution >= 4 is 17.7 Å². The summed E-state index contributed by atoms with van der Waals surface area (Å²) in [5.41, 5.74) is 3.75. The zero-order chi connectivity index (χ0) is 19.8. The maximum atomic E-state index is 13.1. The lowest BCUT2D eigenvalue weighted by Crippen LogP contribution is -2.08. The van der Waals surface area contributed by atoms with Gasteiger partial charge >= 0.3 is 11.9 Å². The molecule has 6 heteroatoms. The second-order valence-electron chi connectivity index (χ2n) is 6.29. The molecule has 140 valence electrons. The molecule has 28 heavy (non-hydrogen) atoms. The molecule has 0 amide bonds. The Balaban J connectivity index is 1.97. The molecule has 0 aliphatic heterocycles. The third kappa shape index (κ3) is 2.62. The minimum atomic E-state index is -0.533. The van der Waals surface area contributed by atoms with Crippen LogP contribution in [-0.4, -0.2) is 36.4 Å². The number of ketones is 1. The average molecular weight is 375 g/mol. The lowest BCUT2D eigenvalue weighted by Gasteiger charge is -2.07. The highest BCUT2D eigenvalue weighted by Gasteiger charge is 2.36. The van der Waals surface area contributed by atoms with E-state index in [-0.39, 0.29) is 18.1 Å². The number of benzene rings is 2. The third-order valence-corrected chi connectivity index (χ3v) is 4.72. The first-order valence-corrected chi connectivity index (χ1v) is 8.82. The zero-order valence-electron chi connectivity index (χ0n) is 15.4. The topological polar surface area (TPSA) is 85.5 Å². The molecular weight excluding hydrogens is 358 g/mol. The van der Waals surface area contributed by atoms with Gasteiger partial charge in [-0.05, 0) is 30.7 Å². The summed E-state index contributed by atoms with van der Waals surface area (Å²) >= 11 is 0. The fourth-order valence-corrected chi connectivity index (χ4v) is 3.51. The van der Waals surface area contributed by atoms with Gasteiger partial charge in [0.15, 0.2) is 5.78 Å². The van der Waals surface area contributed by atoms with Crippen molar-refractivity contribution in [1.29, 1.82) is 0 Å². The van der Waals surface area contributed by atoms with Crippen LogP contribution in [0, 0.1) is 0 Å². The number of fused-ring (bicyclic) bond motifs is 3. The van der Waals surface area contributed by atoms with E-state index in [4.69, 9.17) is 9.47 Å². The monoisotopic (exact) mass is 375 g/mol. The Labute approximate surface area is 161 Å². The number of H-pyrrole nitrogens is 1. The first-order chi connectivity index (χ1) is 13.6. The number of nitrogens with one attached hydrogen (secondary N) is 1. The number of hydrogen-bond donors (Lipinski definition) is 1. The van der Waals surface area contributed by atoms with Crippen LogP contribution in [0.2, 0.25) is 0 Å². The fraction of sp³-hybridized carbons (Fsp3) is 0.136. The van der Waals surface area contributed by atoms with Crippen molar-refractivity contribution in [1.82, 2.24) is 4.98 Å². The van der Waals surface area contributed by atoms with Crippen LogP contribution in [0.4, 0.5) is 0 Å². The van der Waals surface area contributed by atoms with Gasteiger partial charge in [0, 0.05) is 16.7 Å². The van der Waals surface area contributed by atoms with Gasteiger partial charge < -0.3 is 14.5 Å². The number of esters is 2. The Kier molecular flexibility index (Phi) is 4.31. The molecule has 1 heterocycles. The van der Waals surface area contributed by atoms with E-state index in [1.807, 2.05) is 30.3 Å². The summed E-state index contributed by atoms with van der Waals surface area (Å²) in [5.74, 6) is -1.23. The van der Waals surface area contributed by atoms with Crippen molar-refractivity contribution in [3.63, 3.8) is 0 Å². The van der Waals surface area contributed by atoms with E-state index in [0.717, 1.165) is 5.56 Å². The van der Waals surface area contributed by atoms with Gasteiger partial charge in [-0.25, -0.2) is 9.59 Å². The van der Waals surface area contributed by atoms with E-state index in [0.29, 0.717) is 33.5 Å². The van der Waals surface area contributed by atoms with Gasteiger partial charge in [-0.2, -0.15) is 0 Å². The minimum Gasteiger partial charge on any atom is -0.465 e. The number of rotatable bonds is 4. The number of methoxy groups -OCH3 is 1. The molecule has 1 aliphatic rings. The Morgan fingerprint density at radius 2 is 1.71 bits per heavy atom. The molecule has 0 spiro atoms. The van der Waals surface area contributed by atoms with Gasteiger partial charge in [0.2, 0.25) is 0 Å². The number of aromatic amines is 1. The summed E-state index contributed by atoms with van der Waals surface area (Å²) in [6.07, 6.45) is 0. The number of aromatic nitrogens is 1. The third-order valence-electron chi connectivity index (χ3n) is 4.72. The van der Waals surface area contributed by atoms with Crippen LogP contribution < -0.4 is 0 Å². The van der Waals surface area contributed by atoms with Crippen LogP contribution in [0.3, 0.4) is 0 Å². The van der Waals surface area contributed by atoms with E-state index >= 15 is 0 Å². The van der Waals surface area contributed by atoms with Gasteiger partial charge in [0.25, 0.3) is 0 Å². The Morgan fingerprint density at radius 1 is 0.964 bits per heavy atom. The van der Waals surface area contributed by atoms with Gasteiger partial charge in [0.05, 0.1) is 30.5 Å². The maximum absolute atomic E-state index is 13.1. The normalized spacial score (nSPS) is 11.7. The number of carbonyl (C=O) groups is 3. The molecule has 1 aromatic heterocycles. The molecule has 0 saturated heterocycles. The SMILES string of the molecule is CCOC(=O)c1[nH]c2c(c1-c1ccccc1)C(=O)c1ccc(C(=O)OC)cc1-2. The smallest absolute Gasteiger partial charge is 0.355 e. The van der Waals surface area contributed by atoms with Crippen LogP contribution in [0.25, 0.3) is 22.4 Å². The van der Waals surface area contributed by atoms with E-state index in [9.17, 15) is 14.4 Å². The molecule has 0 bridgehead atoms. The quantitative estimate of drug-likeness (QED) is 0.548. The summed E-state index contributed by atoms with van der Waals surface area (Å²) in [6.45, 7) is 1.94. The summed E-state index contributed by atoms with van der Waals surface area (Å²) in [5, 5.41) is 0. The molecule has 0 radical (unpaired) electrons. The van der Waals surface area contributed by atoms with Crippen molar-refractivity contribution in [2.75, 3.05) is 13.7 Å². The van der Waals surface area contributed by atoms with Crippen molar-refractivity contribution in [3.8, 4) is 22.4 Å². The van der Waals surface area contributed by atoms with Crippen LogP contribution >= 0.6 is 0 Å². The minimum absolute atomic E-state index is 0.202. The number of carbonyl (C=O) groups excluding carboxylic acids is 3. The highest BCUT2D eigenvalue weighted by molar-refractivity contribution is 6.26. The predicted octanol–water partition coefficient (Wildman–Crippen LogP) is 3.86. The van der Waals surface area contributed by atoms with Gasteiger partial charge in [-0.3, -0.25) is 4.79 Å². The number of ether oxygens (including phenoxy) is 2. The summed E-state index contributed by atoms with van der Waals surface area (Å²) in [6, 6.07) is 14.0. The summed E-state index contributed by atoms with van der Waals surface area (Å²) in [7, 11) is 1.30. The Morgan fingerprint density at radius 3 is 2.39 bits per heavy atom. The lowest BCUT2D eigenvalue weighted by molar-refractivity contribution is 0.0520. The van der Waals surface area contributed by atoms with Gasteiger partial charge in [-0.15, -0.1) is 0 Å². The molecule has 4 rings (SSSR count). The first kappa shape index (κ1) is 17.7. The highest BCUT2D eigenvalue weighted by atomic mass is 16.5. The van der Waals surface area contributed by atoms with Crippen molar-refractivity contribution in [3.05, 3.63) is 70.9 Å². The molecule has 1 N–H and O–H groups in total. The number of hydrogen-bond acceptors (Lipinski definition) is 5. The lowest BCUT2D eigenvalue weighted by atomic mass is 9.98. The molecule has 3 aromatic rings. The zero-order valence-corrected chi connectivity index (χ0v) is 15.4. The molecule has 0 unspecified atom stereocenters. The van der Waals surface area contributed by atoms with Gasteiger partial charge in [0.1, 0.15) is 5.69 Å². The molecule has 2 aromatic carbocycles. The van der Waals surface area contributed by atoms with Crippen LogP contribution in [-0.2, 0) is 9.47 Å². The summed E-state index contributed by atoms with van der Waals surface area (Å²) in [4.78, 5) is 40.7. The Bertz CT molecular complexity index is 1110. The molecular formula is C22H17NO5. The van der Waals surface area contributed by atoms with Crippen molar-refractivity contribution < 1.29 is 23.9 Å². The molecule has 0 fully saturated rings. The molecule has 0 atom stereocenters. The van der Waals surface area contributed by atoms with Crippen LogP contribution in [0.15, 0.2) is 48.5 Å². The predicted molar refractivity (Wildman–Crippen MR) is 102 cm³/mol. The van der Waals surface area contributed by atoms with Crippen molar-refractivity contribution in [2.45, 2.75) is 6.92 Å². The Hall–Kier alpha value is -3.67. The molecule has 0 saturated carbocycles. The highest BCUT2D eigenvalue weighted by Crippen LogP contribution is 2.44. The van der Waals surface area contributed by atoms with E-state index in [2.05, 4.69) is 4.98 Å². The van der Waals surface area contributed by atoms with Crippen LogP contribution in [0.1, 0.15) is 43.7 Å². The van der Waals surface area contributed by atoms with Crippen LogP contribution in [0.5, 0.6) is 0 Å². The largest absolute Gasteiger partial charge is 0.465 e. The second kappa shape index (κ2) is 6.81. The van der Waals surface area contributed by atoms with E-state index in [1.165, 1.54) is 7.11 Å².